The minimum absolute atomic E-state index is 0.0531. The van der Waals surface area contributed by atoms with Gasteiger partial charge in [-0.1, -0.05) is 36.4 Å². The summed E-state index contributed by atoms with van der Waals surface area (Å²) in [7, 11) is 0. The number of hydrogen-bond donors (Lipinski definition) is 2. The predicted molar refractivity (Wildman–Crippen MR) is 91.7 cm³/mol. The van der Waals surface area contributed by atoms with Crippen molar-refractivity contribution in [1.29, 1.82) is 0 Å². The van der Waals surface area contributed by atoms with E-state index in [1.54, 1.807) is 12.1 Å². The Kier molecular flexibility index (Phi) is 6.74. The summed E-state index contributed by atoms with van der Waals surface area (Å²) in [6.07, 6.45) is 1.43. The third-order valence-electron chi connectivity index (χ3n) is 3.61. The highest BCUT2D eigenvalue weighted by Gasteiger charge is 2.12. The molecule has 0 aromatic heterocycles. The molecule has 122 valence electrons. The highest BCUT2D eigenvalue weighted by atomic mass is 79.9. The van der Waals surface area contributed by atoms with Gasteiger partial charge in [-0.05, 0) is 52.0 Å². The topological polar surface area (TPSA) is 49.3 Å². The summed E-state index contributed by atoms with van der Waals surface area (Å²) in [6, 6.07) is 14.9. The van der Waals surface area contributed by atoms with E-state index >= 15 is 0 Å². The van der Waals surface area contributed by atoms with E-state index in [-0.39, 0.29) is 18.3 Å². The lowest BCUT2D eigenvalue weighted by atomic mass is 10.0. The highest BCUT2D eigenvalue weighted by molar-refractivity contribution is 9.10. The number of halogens is 2. The maximum absolute atomic E-state index is 13.3. The van der Waals surface area contributed by atoms with Crippen molar-refractivity contribution in [2.24, 2.45) is 0 Å². The smallest absolute Gasteiger partial charge is 0.303 e. The van der Waals surface area contributed by atoms with Crippen molar-refractivity contribution in [3.05, 3.63) is 69.9 Å². The Morgan fingerprint density at radius 3 is 2.57 bits per heavy atom. The van der Waals surface area contributed by atoms with Crippen molar-refractivity contribution in [1.82, 2.24) is 5.32 Å². The first-order valence-electron chi connectivity index (χ1n) is 7.47. The van der Waals surface area contributed by atoms with Gasteiger partial charge in [-0.2, -0.15) is 0 Å². The van der Waals surface area contributed by atoms with E-state index in [4.69, 9.17) is 5.11 Å². The van der Waals surface area contributed by atoms with E-state index in [9.17, 15) is 9.18 Å². The summed E-state index contributed by atoms with van der Waals surface area (Å²) >= 11 is 3.18. The molecule has 0 aliphatic heterocycles. The van der Waals surface area contributed by atoms with E-state index < -0.39 is 5.97 Å². The van der Waals surface area contributed by atoms with Gasteiger partial charge in [0.05, 0.1) is 4.47 Å². The van der Waals surface area contributed by atoms with Crippen LogP contribution in [0, 0.1) is 5.82 Å². The molecule has 0 aliphatic carbocycles. The fourth-order valence-electron chi connectivity index (χ4n) is 2.38. The van der Waals surface area contributed by atoms with Crippen LogP contribution in [0.5, 0.6) is 0 Å². The number of nitrogens with one attached hydrogen (secondary N) is 1. The molecule has 0 saturated heterocycles. The molecular formula is C18H19BrFNO2. The lowest BCUT2D eigenvalue weighted by Crippen LogP contribution is -2.31. The number of carbonyl (C=O) groups is 1. The SMILES string of the molecule is O=C(O)CCC(Cc1ccccc1)NCc1ccc(F)c(Br)c1. The molecular weight excluding hydrogens is 361 g/mol. The summed E-state index contributed by atoms with van der Waals surface area (Å²) in [6.45, 7) is 0.565. The quantitative estimate of drug-likeness (QED) is 0.723. The van der Waals surface area contributed by atoms with Gasteiger partial charge in [-0.25, -0.2) is 4.39 Å². The van der Waals surface area contributed by atoms with Crippen LogP contribution in [-0.2, 0) is 17.8 Å². The first kappa shape index (κ1) is 17.6. The van der Waals surface area contributed by atoms with Crippen molar-refractivity contribution in [2.45, 2.75) is 31.8 Å². The van der Waals surface area contributed by atoms with Gasteiger partial charge in [-0.3, -0.25) is 4.79 Å². The number of rotatable bonds is 8. The molecule has 0 aliphatic rings. The molecule has 3 nitrogen and oxygen atoms in total. The molecule has 1 atom stereocenters. The first-order chi connectivity index (χ1) is 11.0. The molecule has 0 fully saturated rings. The Hall–Kier alpha value is -1.72. The van der Waals surface area contributed by atoms with Crippen LogP contribution in [0.2, 0.25) is 0 Å². The van der Waals surface area contributed by atoms with Crippen LogP contribution in [0.1, 0.15) is 24.0 Å². The highest BCUT2D eigenvalue weighted by Crippen LogP contribution is 2.17. The third-order valence-corrected chi connectivity index (χ3v) is 4.22. The van der Waals surface area contributed by atoms with Crippen molar-refractivity contribution in [3.63, 3.8) is 0 Å². The van der Waals surface area contributed by atoms with Crippen LogP contribution in [0.25, 0.3) is 0 Å². The molecule has 2 rings (SSSR count). The fourth-order valence-corrected chi connectivity index (χ4v) is 2.81. The molecule has 0 amide bonds. The second-order valence-corrected chi connectivity index (χ2v) is 6.30. The van der Waals surface area contributed by atoms with Gasteiger partial charge in [0, 0.05) is 19.0 Å². The van der Waals surface area contributed by atoms with Crippen LogP contribution in [-0.4, -0.2) is 17.1 Å². The molecule has 0 saturated carbocycles. The van der Waals surface area contributed by atoms with E-state index in [1.165, 1.54) is 6.07 Å². The van der Waals surface area contributed by atoms with E-state index in [1.807, 2.05) is 30.3 Å². The van der Waals surface area contributed by atoms with Crippen LogP contribution >= 0.6 is 15.9 Å². The van der Waals surface area contributed by atoms with Gasteiger partial charge >= 0.3 is 5.97 Å². The summed E-state index contributed by atoms with van der Waals surface area (Å²) in [5.74, 6) is -1.09. The zero-order valence-electron chi connectivity index (χ0n) is 12.6. The Labute approximate surface area is 143 Å². The zero-order chi connectivity index (χ0) is 16.7. The number of hydrogen-bond acceptors (Lipinski definition) is 2. The Morgan fingerprint density at radius 2 is 1.91 bits per heavy atom. The maximum Gasteiger partial charge on any atom is 0.303 e. The minimum atomic E-state index is -0.797. The van der Waals surface area contributed by atoms with Gasteiger partial charge < -0.3 is 10.4 Å². The van der Waals surface area contributed by atoms with Gasteiger partial charge in [0.25, 0.3) is 0 Å². The van der Waals surface area contributed by atoms with Gasteiger partial charge in [0.15, 0.2) is 0 Å². The van der Waals surface area contributed by atoms with Crippen LogP contribution in [0.15, 0.2) is 53.0 Å². The molecule has 0 spiro atoms. The number of carboxylic acids is 1. The molecule has 23 heavy (non-hydrogen) atoms. The van der Waals surface area contributed by atoms with E-state index in [2.05, 4.69) is 21.2 Å². The third kappa shape index (κ3) is 6.12. The molecule has 5 heteroatoms. The lowest BCUT2D eigenvalue weighted by molar-refractivity contribution is -0.137. The average Bonchev–Trinajstić information content (AvgIpc) is 2.54. The fraction of sp³-hybridized carbons (Fsp3) is 0.278. The normalized spacial score (nSPS) is 12.1. The molecule has 1 unspecified atom stereocenters. The van der Waals surface area contributed by atoms with Gasteiger partial charge in [-0.15, -0.1) is 0 Å². The van der Waals surface area contributed by atoms with Crippen molar-refractivity contribution >= 4 is 21.9 Å². The lowest BCUT2D eigenvalue weighted by Gasteiger charge is -2.18. The van der Waals surface area contributed by atoms with Crippen LogP contribution < -0.4 is 5.32 Å². The summed E-state index contributed by atoms with van der Waals surface area (Å²) in [4.78, 5) is 10.8. The molecule has 2 N–H and O–H groups in total. The molecule has 0 radical (unpaired) electrons. The van der Waals surface area contributed by atoms with Gasteiger partial charge in [0.2, 0.25) is 0 Å². The van der Waals surface area contributed by atoms with Crippen molar-refractivity contribution < 1.29 is 14.3 Å². The number of benzene rings is 2. The number of carboxylic acid groups (broad SMARTS) is 1. The second-order valence-electron chi connectivity index (χ2n) is 5.45. The van der Waals surface area contributed by atoms with Crippen LogP contribution in [0.3, 0.4) is 0 Å². The summed E-state index contributed by atoms with van der Waals surface area (Å²) in [5, 5.41) is 12.3. The molecule has 2 aromatic carbocycles. The first-order valence-corrected chi connectivity index (χ1v) is 8.27. The standard InChI is InChI=1S/C18H19BrFNO2/c19-16-11-14(6-8-17(16)20)12-21-15(7-9-18(22)23)10-13-4-2-1-3-5-13/h1-6,8,11,15,21H,7,9-10,12H2,(H,22,23). The minimum Gasteiger partial charge on any atom is -0.481 e. The predicted octanol–water partition coefficient (Wildman–Crippen LogP) is 4.15. The zero-order valence-corrected chi connectivity index (χ0v) is 14.2. The van der Waals surface area contributed by atoms with Gasteiger partial charge in [0.1, 0.15) is 5.82 Å². The largest absolute Gasteiger partial charge is 0.481 e. The van der Waals surface area contributed by atoms with Crippen molar-refractivity contribution in [3.8, 4) is 0 Å². The van der Waals surface area contributed by atoms with E-state index in [0.717, 1.165) is 17.5 Å². The Bertz CT molecular complexity index is 649. The van der Waals surface area contributed by atoms with E-state index in [0.29, 0.717) is 17.4 Å². The average molecular weight is 380 g/mol. The Balaban J connectivity index is 1.98. The molecule has 0 heterocycles. The molecule has 0 bridgehead atoms. The second kappa shape index (κ2) is 8.79. The monoisotopic (exact) mass is 379 g/mol. The number of aliphatic carboxylic acids is 1. The summed E-state index contributed by atoms with van der Waals surface area (Å²) in [5.41, 5.74) is 2.11. The molecule has 2 aromatic rings. The summed E-state index contributed by atoms with van der Waals surface area (Å²) < 4.78 is 13.7. The van der Waals surface area contributed by atoms with Crippen molar-refractivity contribution in [2.75, 3.05) is 0 Å². The maximum atomic E-state index is 13.3. The Morgan fingerprint density at radius 1 is 1.17 bits per heavy atom. The van der Waals surface area contributed by atoms with Crippen LogP contribution in [0.4, 0.5) is 4.39 Å².